The molecule has 6 nitrogen and oxygen atoms in total. The van der Waals surface area contributed by atoms with Crippen molar-refractivity contribution in [3.05, 3.63) is 66.4 Å². The molecule has 2 aromatic carbocycles. The van der Waals surface area contributed by atoms with Crippen molar-refractivity contribution in [3.8, 4) is 6.07 Å². The Labute approximate surface area is 155 Å². The topological polar surface area (TPSA) is 94.9 Å². The van der Waals surface area contributed by atoms with Crippen molar-refractivity contribution < 1.29 is 9.59 Å². The molecule has 4 rings (SSSR count). The molecule has 1 fully saturated rings. The Morgan fingerprint density at radius 2 is 1.59 bits per heavy atom. The molecule has 6 heteroatoms. The molecule has 0 saturated heterocycles. The molecule has 0 bridgehead atoms. The fourth-order valence-corrected chi connectivity index (χ4v) is 3.06. The van der Waals surface area contributed by atoms with Gasteiger partial charge in [-0.25, -0.2) is 0 Å². The van der Waals surface area contributed by atoms with Crippen LogP contribution >= 0.6 is 0 Å². The molecule has 0 radical (unpaired) electrons. The summed E-state index contributed by atoms with van der Waals surface area (Å²) in [5, 5.41) is 15.7. The number of hydrogen-bond acceptors (Lipinski definition) is 4. The molecule has 1 aliphatic rings. The van der Waals surface area contributed by atoms with Crippen LogP contribution in [-0.2, 0) is 9.59 Å². The van der Waals surface area contributed by atoms with E-state index in [1.165, 1.54) is 0 Å². The summed E-state index contributed by atoms with van der Waals surface area (Å²) in [6.45, 7) is 0. The monoisotopic (exact) mass is 356 g/mol. The van der Waals surface area contributed by atoms with E-state index >= 15 is 0 Å². The maximum Gasteiger partial charge on any atom is 0.240 e. The van der Waals surface area contributed by atoms with E-state index in [4.69, 9.17) is 5.26 Å². The molecule has 0 aliphatic heterocycles. The molecule has 132 valence electrons. The molecule has 1 aliphatic carbocycles. The number of para-hydroxylation sites is 2. The van der Waals surface area contributed by atoms with E-state index in [2.05, 4.69) is 15.6 Å². The number of benzene rings is 2. The zero-order chi connectivity index (χ0) is 18.9. The number of hydrogen-bond donors (Lipinski definition) is 2. The number of fused-ring (bicyclic) bond motifs is 1. The Kier molecular flexibility index (Phi) is 4.05. The summed E-state index contributed by atoms with van der Waals surface area (Å²) in [6, 6.07) is 18.0. The lowest BCUT2D eigenvalue weighted by Gasteiger charge is -2.16. The highest BCUT2D eigenvalue weighted by atomic mass is 16.2. The smallest absolute Gasteiger partial charge is 0.240 e. The van der Waals surface area contributed by atoms with E-state index in [1.807, 2.05) is 30.3 Å². The number of amides is 2. The summed E-state index contributed by atoms with van der Waals surface area (Å²) in [5.74, 6) is -0.747. The highest BCUT2D eigenvalue weighted by molar-refractivity contribution is 6.18. The number of carbonyl (C=O) groups excluding carboxylic acids is 2. The second-order valence-electron chi connectivity index (χ2n) is 6.53. The van der Waals surface area contributed by atoms with Crippen LogP contribution in [-0.4, -0.2) is 16.8 Å². The Morgan fingerprint density at radius 1 is 0.926 bits per heavy atom. The minimum atomic E-state index is -1.11. The largest absolute Gasteiger partial charge is 0.324 e. The lowest BCUT2D eigenvalue weighted by molar-refractivity contribution is -0.131. The van der Waals surface area contributed by atoms with E-state index in [0.29, 0.717) is 35.3 Å². The Bertz CT molecular complexity index is 1090. The summed E-state index contributed by atoms with van der Waals surface area (Å²) < 4.78 is 0. The van der Waals surface area contributed by atoms with E-state index in [9.17, 15) is 9.59 Å². The average Bonchev–Trinajstić information content (AvgIpc) is 3.51. The number of nitrogens with one attached hydrogen (secondary N) is 2. The second kappa shape index (κ2) is 6.54. The number of pyridine rings is 1. The molecule has 27 heavy (non-hydrogen) atoms. The van der Waals surface area contributed by atoms with Gasteiger partial charge in [0.2, 0.25) is 11.8 Å². The SMILES string of the molecule is N#Cc1ccccc1NC(=O)C1(C(=O)Nc2cccc3cccnc23)CC1. The van der Waals surface area contributed by atoms with Crippen LogP contribution in [0, 0.1) is 16.7 Å². The molecular formula is C21H16N4O2. The quantitative estimate of drug-likeness (QED) is 0.700. The molecule has 3 aromatic rings. The summed E-state index contributed by atoms with van der Waals surface area (Å²) >= 11 is 0. The van der Waals surface area contributed by atoms with Crippen LogP contribution in [0.15, 0.2) is 60.8 Å². The van der Waals surface area contributed by atoms with Crippen LogP contribution in [0.1, 0.15) is 18.4 Å². The third-order valence-corrected chi connectivity index (χ3v) is 4.80. The zero-order valence-electron chi connectivity index (χ0n) is 14.4. The van der Waals surface area contributed by atoms with Crippen molar-refractivity contribution in [1.82, 2.24) is 4.98 Å². The number of aromatic nitrogens is 1. The summed E-state index contributed by atoms with van der Waals surface area (Å²) in [5.41, 5.74) is 0.921. The molecule has 1 saturated carbocycles. The van der Waals surface area contributed by atoms with Crippen molar-refractivity contribution in [1.29, 1.82) is 5.26 Å². The predicted octanol–water partition coefficient (Wildman–Crippen LogP) is 3.46. The van der Waals surface area contributed by atoms with Crippen molar-refractivity contribution >= 4 is 34.1 Å². The number of nitriles is 1. The number of carbonyl (C=O) groups is 2. The maximum atomic E-state index is 12.9. The minimum Gasteiger partial charge on any atom is -0.324 e. The van der Waals surface area contributed by atoms with Gasteiger partial charge in [0.15, 0.2) is 0 Å². The maximum absolute atomic E-state index is 12.9. The highest BCUT2D eigenvalue weighted by Crippen LogP contribution is 2.47. The molecule has 0 atom stereocenters. The first-order chi connectivity index (χ1) is 13.1. The van der Waals surface area contributed by atoms with E-state index in [1.54, 1.807) is 36.5 Å². The number of rotatable bonds is 4. The van der Waals surface area contributed by atoms with Gasteiger partial charge in [-0.15, -0.1) is 0 Å². The molecule has 0 spiro atoms. The zero-order valence-corrected chi connectivity index (χ0v) is 14.4. The minimum absolute atomic E-state index is 0.354. The Morgan fingerprint density at radius 3 is 2.33 bits per heavy atom. The normalized spacial score (nSPS) is 14.2. The second-order valence-corrected chi connectivity index (χ2v) is 6.53. The third-order valence-electron chi connectivity index (χ3n) is 4.80. The van der Waals surface area contributed by atoms with Gasteiger partial charge in [0.1, 0.15) is 11.5 Å². The van der Waals surface area contributed by atoms with Gasteiger partial charge in [-0.3, -0.25) is 14.6 Å². The standard InChI is InChI=1S/C21H16N4O2/c22-13-15-5-1-2-8-16(15)24-19(26)21(10-11-21)20(27)25-17-9-3-6-14-7-4-12-23-18(14)17/h1-9,12H,10-11H2,(H,24,26)(H,25,27). The van der Waals surface area contributed by atoms with Crippen molar-refractivity contribution in [3.63, 3.8) is 0 Å². The van der Waals surface area contributed by atoms with E-state index < -0.39 is 11.3 Å². The van der Waals surface area contributed by atoms with Crippen LogP contribution < -0.4 is 10.6 Å². The van der Waals surface area contributed by atoms with Crippen molar-refractivity contribution in [2.75, 3.05) is 10.6 Å². The molecule has 1 heterocycles. The molecule has 2 N–H and O–H groups in total. The van der Waals surface area contributed by atoms with Gasteiger partial charge >= 0.3 is 0 Å². The van der Waals surface area contributed by atoms with Crippen LogP contribution in [0.2, 0.25) is 0 Å². The van der Waals surface area contributed by atoms with Crippen LogP contribution in [0.3, 0.4) is 0 Å². The van der Waals surface area contributed by atoms with Crippen LogP contribution in [0.25, 0.3) is 10.9 Å². The molecule has 2 amide bonds. The Hall–Kier alpha value is -3.72. The third kappa shape index (κ3) is 3.00. The highest BCUT2D eigenvalue weighted by Gasteiger charge is 2.56. The lowest BCUT2D eigenvalue weighted by Crippen LogP contribution is -2.35. The summed E-state index contributed by atoms with van der Waals surface area (Å²) in [6.07, 6.45) is 2.60. The summed E-state index contributed by atoms with van der Waals surface area (Å²) in [4.78, 5) is 29.9. The van der Waals surface area contributed by atoms with Gasteiger partial charge in [-0.2, -0.15) is 5.26 Å². The first-order valence-corrected chi connectivity index (χ1v) is 8.60. The number of anilines is 2. The van der Waals surface area contributed by atoms with Gasteiger partial charge < -0.3 is 10.6 Å². The number of nitrogens with zero attached hydrogens (tertiary/aromatic N) is 2. The van der Waals surface area contributed by atoms with E-state index in [-0.39, 0.29) is 5.91 Å². The van der Waals surface area contributed by atoms with Gasteiger partial charge in [-0.05, 0) is 37.1 Å². The molecule has 0 unspecified atom stereocenters. The molecular weight excluding hydrogens is 340 g/mol. The average molecular weight is 356 g/mol. The van der Waals surface area contributed by atoms with Gasteiger partial charge in [0.25, 0.3) is 0 Å². The first-order valence-electron chi connectivity index (χ1n) is 8.60. The molecule has 1 aromatic heterocycles. The predicted molar refractivity (Wildman–Crippen MR) is 102 cm³/mol. The fraction of sp³-hybridized carbons (Fsp3) is 0.143. The van der Waals surface area contributed by atoms with Gasteiger partial charge in [0.05, 0.1) is 22.5 Å². The fourth-order valence-electron chi connectivity index (χ4n) is 3.06. The lowest BCUT2D eigenvalue weighted by atomic mass is 10.0. The summed E-state index contributed by atoms with van der Waals surface area (Å²) in [7, 11) is 0. The van der Waals surface area contributed by atoms with Crippen LogP contribution in [0.5, 0.6) is 0 Å². The van der Waals surface area contributed by atoms with Crippen molar-refractivity contribution in [2.45, 2.75) is 12.8 Å². The van der Waals surface area contributed by atoms with Crippen molar-refractivity contribution in [2.24, 2.45) is 5.41 Å². The van der Waals surface area contributed by atoms with Gasteiger partial charge in [-0.1, -0.05) is 30.3 Å². The van der Waals surface area contributed by atoms with E-state index in [0.717, 1.165) is 5.39 Å². The van der Waals surface area contributed by atoms with Gasteiger partial charge in [0, 0.05) is 11.6 Å². The van der Waals surface area contributed by atoms with Crippen LogP contribution in [0.4, 0.5) is 11.4 Å². The Balaban J connectivity index is 1.56. The first kappa shape index (κ1) is 16.7.